The minimum absolute atomic E-state index is 0.680. The van der Waals surface area contributed by atoms with E-state index < -0.39 is 0 Å². The molecule has 3 heteroatoms. The first-order valence-corrected chi connectivity index (χ1v) is 14.1. The molecule has 0 radical (unpaired) electrons. The van der Waals surface area contributed by atoms with Crippen molar-refractivity contribution in [3.8, 4) is 17.6 Å². The summed E-state index contributed by atoms with van der Waals surface area (Å²) in [6.45, 7) is 8.03. The second-order valence-electron chi connectivity index (χ2n) is 9.36. The highest BCUT2D eigenvalue weighted by Gasteiger charge is 2.12. The van der Waals surface area contributed by atoms with E-state index in [9.17, 15) is 0 Å². The van der Waals surface area contributed by atoms with Gasteiger partial charge in [0.25, 0.3) is 0 Å². The molecule has 0 bridgehead atoms. The number of rotatable bonds is 11. The number of halogens is 1. The van der Waals surface area contributed by atoms with E-state index >= 15 is 0 Å². The Labute approximate surface area is 238 Å². The van der Waals surface area contributed by atoms with Crippen LogP contribution in [0.5, 0.6) is 5.75 Å². The third-order valence-corrected chi connectivity index (χ3v) is 7.14. The molecule has 0 aliphatic heterocycles. The Morgan fingerprint density at radius 2 is 1.26 bits per heavy atom. The smallest absolute Gasteiger partial charge is 0.119 e. The first-order chi connectivity index (χ1) is 19.2. The van der Waals surface area contributed by atoms with Crippen LogP contribution >= 0.6 is 11.6 Å². The fourth-order valence-electron chi connectivity index (χ4n) is 4.43. The van der Waals surface area contributed by atoms with Gasteiger partial charge < -0.3 is 9.64 Å². The Morgan fingerprint density at radius 3 is 1.87 bits per heavy atom. The lowest BCUT2D eigenvalue weighted by Crippen LogP contribution is -2.27. The molecule has 4 rings (SSSR count). The van der Waals surface area contributed by atoms with Gasteiger partial charge in [-0.1, -0.05) is 110 Å². The molecular formula is C36H36ClNO. The van der Waals surface area contributed by atoms with Gasteiger partial charge in [-0.05, 0) is 79.0 Å². The maximum Gasteiger partial charge on any atom is 0.119 e. The molecule has 4 aromatic rings. The average Bonchev–Trinajstić information content (AvgIpc) is 3.00. The second kappa shape index (κ2) is 15.0. The Hall–Kier alpha value is -3.77. The summed E-state index contributed by atoms with van der Waals surface area (Å²) < 4.78 is 6.00. The lowest BCUT2D eigenvalue weighted by Gasteiger charge is -2.18. The van der Waals surface area contributed by atoms with Gasteiger partial charge in [0.15, 0.2) is 0 Å². The Bertz CT molecular complexity index is 1380. The van der Waals surface area contributed by atoms with Crippen LogP contribution < -0.4 is 4.74 Å². The molecule has 0 amide bonds. The van der Waals surface area contributed by atoms with Gasteiger partial charge in [-0.2, -0.15) is 0 Å². The highest BCUT2D eigenvalue weighted by molar-refractivity contribution is 6.33. The summed E-state index contributed by atoms with van der Waals surface area (Å²) in [5, 5.41) is 0.851. The Kier molecular flexibility index (Phi) is 10.8. The molecular weight excluding hydrogens is 498 g/mol. The minimum Gasteiger partial charge on any atom is -0.492 e. The van der Waals surface area contributed by atoms with E-state index in [1.54, 1.807) is 0 Å². The molecule has 0 aliphatic rings. The van der Waals surface area contributed by atoms with Crippen molar-refractivity contribution in [1.29, 1.82) is 0 Å². The van der Waals surface area contributed by atoms with E-state index in [0.717, 1.165) is 71.1 Å². The zero-order chi connectivity index (χ0) is 27.3. The molecule has 4 aromatic carbocycles. The minimum atomic E-state index is 0.680. The van der Waals surface area contributed by atoms with Crippen LogP contribution in [0.4, 0.5) is 0 Å². The molecule has 0 heterocycles. The van der Waals surface area contributed by atoms with Gasteiger partial charge in [0.1, 0.15) is 12.4 Å². The van der Waals surface area contributed by atoms with E-state index in [2.05, 4.69) is 91.3 Å². The number of ether oxygens (including phenoxy) is 1. The van der Waals surface area contributed by atoms with Crippen LogP contribution in [-0.4, -0.2) is 31.1 Å². The van der Waals surface area contributed by atoms with Crippen LogP contribution in [0.15, 0.2) is 114 Å². The maximum atomic E-state index is 7.03. The number of allylic oxidation sites excluding steroid dienone is 1. The lowest BCUT2D eigenvalue weighted by atomic mass is 9.95. The maximum absolute atomic E-state index is 7.03. The van der Waals surface area contributed by atoms with Gasteiger partial charge in [0.05, 0.1) is 0 Å². The summed E-state index contributed by atoms with van der Waals surface area (Å²) in [7, 11) is 0. The quantitative estimate of drug-likeness (QED) is 0.179. The molecule has 0 saturated carbocycles. The van der Waals surface area contributed by atoms with Crippen molar-refractivity contribution in [2.45, 2.75) is 26.7 Å². The van der Waals surface area contributed by atoms with Crippen LogP contribution in [0.3, 0.4) is 0 Å². The Morgan fingerprint density at radius 1 is 0.692 bits per heavy atom. The van der Waals surface area contributed by atoms with Crippen molar-refractivity contribution in [3.63, 3.8) is 0 Å². The number of hydrogen-bond donors (Lipinski definition) is 0. The third kappa shape index (κ3) is 8.62. The van der Waals surface area contributed by atoms with E-state index in [4.69, 9.17) is 16.3 Å². The summed E-state index contributed by atoms with van der Waals surface area (Å²) in [4.78, 5) is 2.36. The standard InChI is InChI=1S/C36H36ClNO/c1-3-38(4-2)27-28-39-34-24-22-33(23-25-34)36(32-13-9-6-10-14-32)35(37)26-21-31-19-17-30(18-20-31)16-15-29-11-7-5-8-12-29/h5-14,17-20,22-25H,3-4,21,26-28H2,1-2H3/b36-35+. The summed E-state index contributed by atoms with van der Waals surface area (Å²) in [6.07, 6.45) is 1.61. The molecule has 0 N–H and O–H groups in total. The summed E-state index contributed by atoms with van der Waals surface area (Å²) >= 11 is 7.03. The molecule has 2 nitrogen and oxygen atoms in total. The zero-order valence-corrected chi connectivity index (χ0v) is 23.6. The average molecular weight is 534 g/mol. The normalized spacial score (nSPS) is 11.5. The van der Waals surface area contributed by atoms with Crippen molar-refractivity contribution in [2.75, 3.05) is 26.2 Å². The summed E-state index contributed by atoms with van der Waals surface area (Å²) in [5.41, 5.74) is 6.54. The van der Waals surface area contributed by atoms with E-state index in [1.165, 1.54) is 5.56 Å². The molecule has 0 saturated heterocycles. The molecule has 0 atom stereocenters. The highest BCUT2D eigenvalue weighted by atomic mass is 35.5. The molecule has 0 aromatic heterocycles. The highest BCUT2D eigenvalue weighted by Crippen LogP contribution is 2.32. The van der Waals surface area contributed by atoms with E-state index in [1.807, 2.05) is 48.5 Å². The molecule has 39 heavy (non-hydrogen) atoms. The number of aryl methyl sites for hydroxylation is 1. The van der Waals surface area contributed by atoms with Gasteiger partial charge in [0, 0.05) is 28.3 Å². The molecule has 0 aliphatic carbocycles. The van der Waals surface area contributed by atoms with E-state index in [-0.39, 0.29) is 0 Å². The first-order valence-electron chi connectivity index (χ1n) is 13.7. The summed E-state index contributed by atoms with van der Waals surface area (Å²) in [6, 6.07) is 37.2. The monoisotopic (exact) mass is 533 g/mol. The topological polar surface area (TPSA) is 12.5 Å². The fraction of sp³-hybridized carbons (Fsp3) is 0.222. The first kappa shape index (κ1) is 28.2. The van der Waals surface area contributed by atoms with Crippen LogP contribution in [0.1, 0.15) is 48.1 Å². The van der Waals surface area contributed by atoms with Crippen LogP contribution in [0.2, 0.25) is 0 Å². The van der Waals surface area contributed by atoms with Gasteiger partial charge in [-0.15, -0.1) is 0 Å². The SMILES string of the molecule is CCN(CC)CCOc1ccc(/C(=C(/Cl)CCc2ccc(C#Cc3ccccc3)cc2)c2ccccc2)cc1. The van der Waals surface area contributed by atoms with Gasteiger partial charge in [0.2, 0.25) is 0 Å². The predicted molar refractivity (Wildman–Crippen MR) is 165 cm³/mol. The van der Waals surface area contributed by atoms with Crippen molar-refractivity contribution in [1.82, 2.24) is 4.90 Å². The third-order valence-electron chi connectivity index (χ3n) is 6.76. The molecule has 0 unspecified atom stereocenters. The van der Waals surface area contributed by atoms with Crippen molar-refractivity contribution in [2.24, 2.45) is 0 Å². The number of likely N-dealkylation sites (N-methyl/N-ethyl adjacent to an activating group) is 1. The van der Waals surface area contributed by atoms with Gasteiger partial charge in [-0.25, -0.2) is 0 Å². The van der Waals surface area contributed by atoms with Crippen LogP contribution in [-0.2, 0) is 6.42 Å². The Balaban J connectivity index is 1.45. The van der Waals surface area contributed by atoms with Crippen LogP contribution in [0, 0.1) is 11.8 Å². The van der Waals surface area contributed by atoms with Crippen LogP contribution in [0.25, 0.3) is 5.57 Å². The number of benzene rings is 4. The van der Waals surface area contributed by atoms with Crippen molar-refractivity contribution < 1.29 is 4.74 Å². The fourth-order valence-corrected chi connectivity index (χ4v) is 4.75. The molecule has 0 fully saturated rings. The number of nitrogens with zero attached hydrogens (tertiary/aromatic N) is 1. The van der Waals surface area contributed by atoms with E-state index in [0.29, 0.717) is 6.61 Å². The largest absolute Gasteiger partial charge is 0.492 e. The summed E-state index contributed by atoms with van der Waals surface area (Å²) in [5.74, 6) is 7.34. The zero-order valence-electron chi connectivity index (χ0n) is 22.9. The molecule has 198 valence electrons. The van der Waals surface area contributed by atoms with Crippen molar-refractivity contribution in [3.05, 3.63) is 142 Å². The second-order valence-corrected chi connectivity index (χ2v) is 9.81. The molecule has 0 spiro atoms. The number of hydrogen-bond acceptors (Lipinski definition) is 2. The van der Waals surface area contributed by atoms with Gasteiger partial charge >= 0.3 is 0 Å². The lowest BCUT2D eigenvalue weighted by molar-refractivity contribution is 0.223. The predicted octanol–water partition coefficient (Wildman–Crippen LogP) is 8.44. The van der Waals surface area contributed by atoms with Gasteiger partial charge in [-0.3, -0.25) is 0 Å². The van der Waals surface area contributed by atoms with Crippen molar-refractivity contribution >= 4 is 17.2 Å².